The number of carbonyl (C=O) groups is 2. The first-order valence-corrected chi connectivity index (χ1v) is 5.50. The fourth-order valence-corrected chi connectivity index (χ4v) is 1.93. The van der Waals surface area contributed by atoms with Crippen molar-refractivity contribution in [3.05, 3.63) is 40.9 Å². The first-order chi connectivity index (χ1) is 8.47. The molecule has 0 aliphatic heterocycles. The fraction of sp³-hybridized carbons (Fsp3) is 0.0769. The van der Waals surface area contributed by atoms with Crippen molar-refractivity contribution >= 4 is 34.3 Å². The largest absolute Gasteiger partial charge is 0.478 e. The zero-order valence-electron chi connectivity index (χ0n) is 9.44. The van der Waals surface area contributed by atoms with E-state index in [0.29, 0.717) is 21.5 Å². The molecule has 0 bridgehead atoms. The van der Waals surface area contributed by atoms with E-state index in [1.807, 2.05) is 0 Å². The Labute approximate surface area is 108 Å². The average Bonchev–Trinajstić information content (AvgIpc) is 2.27. The molecule has 2 aromatic rings. The van der Waals surface area contributed by atoms with Gasteiger partial charge in [-0.25, -0.2) is 4.79 Å². The number of halogens is 1. The Balaban J connectivity index is 2.60. The number of carboxylic acid groups (broad SMARTS) is 1. The summed E-state index contributed by atoms with van der Waals surface area (Å²) in [6, 6.07) is 7.68. The van der Waals surface area contributed by atoms with Gasteiger partial charge in [0.05, 0.1) is 10.6 Å². The van der Waals surface area contributed by atoms with Crippen LogP contribution in [-0.2, 0) is 4.79 Å². The third-order valence-corrected chi connectivity index (χ3v) is 2.70. The van der Waals surface area contributed by atoms with Gasteiger partial charge in [-0.05, 0) is 23.6 Å². The highest BCUT2D eigenvalue weighted by Crippen LogP contribution is 2.30. The van der Waals surface area contributed by atoms with E-state index in [1.165, 1.54) is 25.1 Å². The highest BCUT2D eigenvalue weighted by molar-refractivity contribution is 6.35. The molecule has 92 valence electrons. The van der Waals surface area contributed by atoms with E-state index in [4.69, 9.17) is 21.4 Å². The number of hydrogen-bond acceptors (Lipinski definition) is 3. The lowest BCUT2D eigenvalue weighted by atomic mass is 10.1. The number of carbonyl (C=O) groups excluding carboxylic acids is 1. The summed E-state index contributed by atoms with van der Waals surface area (Å²) in [7, 11) is 0. The summed E-state index contributed by atoms with van der Waals surface area (Å²) < 4.78 is 4.93. The Morgan fingerprint density at radius 2 is 1.94 bits per heavy atom. The molecule has 0 aliphatic rings. The van der Waals surface area contributed by atoms with Crippen LogP contribution in [0.15, 0.2) is 30.3 Å². The summed E-state index contributed by atoms with van der Waals surface area (Å²) in [5, 5.41) is 10.6. The lowest BCUT2D eigenvalue weighted by Crippen LogP contribution is -2.01. The number of esters is 1. The van der Waals surface area contributed by atoms with Gasteiger partial charge in [-0.2, -0.15) is 0 Å². The molecular weight excluding hydrogens is 256 g/mol. The molecule has 2 rings (SSSR count). The second kappa shape index (κ2) is 4.66. The third kappa shape index (κ3) is 2.43. The summed E-state index contributed by atoms with van der Waals surface area (Å²) >= 11 is 6.04. The first-order valence-electron chi connectivity index (χ1n) is 5.12. The van der Waals surface area contributed by atoms with E-state index in [1.54, 1.807) is 12.1 Å². The van der Waals surface area contributed by atoms with Crippen LogP contribution in [0.5, 0.6) is 5.75 Å². The van der Waals surface area contributed by atoms with Gasteiger partial charge in [-0.1, -0.05) is 17.7 Å². The van der Waals surface area contributed by atoms with Crippen molar-refractivity contribution in [2.45, 2.75) is 6.92 Å². The summed E-state index contributed by atoms with van der Waals surface area (Å²) in [4.78, 5) is 21.8. The Bertz CT molecular complexity index is 649. The highest BCUT2D eigenvalue weighted by Gasteiger charge is 2.08. The maximum Gasteiger partial charge on any atom is 0.335 e. The van der Waals surface area contributed by atoms with Gasteiger partial charge >= 0.3 is 11.9 Å². The minimum absolute atomic E-state index is 0.151. The molecule has 0 fully saturated rings. The second-order valence-electron chi connectivity index (χ2n) is 3.74. The number of ether oxygens (including phenoxy) is 1. The summed E-state index contributed by atoms with van der Waals surface area (Å²) in [6.07, 6.45) is 0. The summed E-state index contributed by atoms with van der Waals surface area (Å²) in [6.45, 7) is 1.28. The van der Waals surface area contributed by atoms with Gasteiger partial charge in [0, 0.05) is 18.4 Å². The van der Waals surface area contributed by atoms with E-state index >= 15 is 0 Å². The summed E-state index contributed by atoms with van der Waals surface area (Å²) in [5.41, 5.74) is 0.151. The normalized spacial score (nSPS) is 10.3. The molecule has 1 N–H and O–H groups in total. The van der Waals surface area contributed by atoms with Crippen LogP contribution in [0.4, 0.5) is 0 Å². The van der Waals surface area contributed by atoms with Crippen molar-refractivity contribution in [1.82, 2.24) is 0 Å². The molecule has 0 spiro atoms. The molecule has 2 aromatic carbocycles. The van der Waals surface area contributed by atoms with Crippen LogP contribution >= 0.6 is 11.6 Å². The van der Waals surface area contributed by atoms with Gasteiger partial charge < -0.3 is 9.84 Å². The maximum absolute atomic E-state index is 10.9. The van der Waals surface area contributed by atoms with E-state index < -0.39 is 11.9 Å². The zero-order valence-corrected chi connectivity index (χ0v) is 10.2. The SMILES string of the molecule is CC(=O)Oc1cc(Cl)c2ccc(C(=O)O)cc2c1. The topological polar surface area (TPSA) is 63.6 Å². The Morgan fingerprint density at radius 3 is 2.56 bits per heavy atom. The molecule has 0 atom stereocenters. The van der Waals surface area contributed by atoms with Crippen LogP contribution in [0.1, 0.15) is 17.3 Å². The minimum Gasteiger partial charge on any atom is -0.478 e. The van der Waals surface area contributed by atoms with Crippen molar-refractivity contribution in [3.63, 3.8) is 0 Å². The molecular formula is C13H9ClO4. The van der Waals surface area contributed by atoms with Gasteiger partial charge in [-0.3, -0.25) is 4.79 Å². The fourth-order valence-electron chi connectivity index (χ4n) is 1.66. The lowest BCUT2D eigenvalue weighted by Gasteiger charge is -2.06. The van der Waals surface area contributed by atoms with Gasteiger partial charge in [0.2, 0.25) is 0 Å². The predicted molar refractivity (Wildman–Crippen MR) is 67.2 cm³/mol. The van der Waals surface area contributed by atoms with Crippen LogP contribution in [0.2, 0.25) is 5.02 Å². The zero-order chi connectivity index (χ0) is 13.3. The number of fused-ring (bicyclic) bond motifs is 1. The van der Waals surface area contributed by atoms with Crippen LogP contribution < -0.4 is 4.74 Å². The van der Waals surface area contributed by atoms with Crippen LogP contribution in [0.25, 0.3) is 10.8 Å². The molecule has 0 saturated carbocycles. The van der Waals surface area contributed by atoms with Crippen molar-refractivity contribution in [2.75, 3.05) is 0 Å². The second-order valence-corrected chi connectivity index (χ2v) is 4.15. The van der Waals surface area contributed by atoms with E-state index in [-0.39, 0.29) is 5.56 Å². The molecule has 0 saturated heterocycles. The average molecular weight is 265 g/mol. The van der Waals surface area contributed by atoms with Crippen LogP contribution in [0, 0.1) is 0 Å². The van der Waals surface area contributed by atoms with Crippen LogP contribution in [0.3, 0.4) is 0 Å². The number of carboxylic acids is 1. The Morgan fingerprint density at radius 1 is 1.22 bits per heavy atom. The van der Waals surface area contributed by atoms with Crippen molar-refractivity contribution in [1.29, 1.82) is 0 Å². The minimum atomic E-state index is -1.02. The van der Waals surface area contributed by atoms with E-state index in [0.717, 1.165) is 0 Å². The molecule has 0 aliphatic carbocycles. The molecule has 5 heteroatoms. The van der Waals surface area contributed by atoms with Crippen molar-refractivity contribution in [2.24, 2.45) is 0 Å². The molecule has 18 heavy (non-hydrogen) atoms. The monoisotopic (exact) mass is 264 g/mol. The lowest BCUT2D eigenvalue weighted by molar-refractivity contribution is -0.131. The van der Waals surface area contributed by atoms with Crippen LogP contribution in [-0.4, -0.2) is 17.0 Å². The molecule has 0 unspecified atom stereocenters. The smallest absolute Gasteiger partial charge is 0.335 e. The number of rotatable bonds is 2. The standard InChI is InChI=1S/C13H9ClO4/c1-7(15)18-10-5-9-4-8(13(16)17)2-3-11(9)12(14)6-10/h2-6H,1H3,(H,16,17). The van der Waals surface area contributed by atoms with E-state index in [9.17, 15) is 9.59 Å². The van der Waals surface area contributed by atoms with E-state index in [2.05, 4.69) is 0 Å². The number of hydrogen-bond donors (Lipinski definition) is 1. The summed E-state index contributed by atoms with van der Waals surface area (Å²) in [5.74, 6) is -1.19. The molecule has 4 nitrogen and oxygen atoms in total. The van der Waals surface area contributed by atoms with Gasteiger partial charge in [0.1, 0.15) is 5.75 Å². The van der Waals surface area contributed by atoms with Gasteiger partial charge in [0.15, 0.2) is 0 Å². The predicted octanol–water partition coefficient (Wildman–Crippen LogP) is 3.12. The molecule has 0 amide bonds. The first kappa shape index (κ1) is 12.4. The molecule has 0 aromatic heterocycles. The molecule has 0 radical (unpaired) electrons. The van der Waals surface area contributed by atoms with Crippen molar-refractivity contribution in [3.8, 4) is 5.75 Å². The highest BCUT2D eigenvalue weighted by atomic mass is 35.5. The number of aromatic carboxylic acids is 1. The van der Waals surface area contributed by atoms with Crippen molar-refractivity contribution < 1.29 is 19.4 Å². The van der Waals surface area contributed by atoms with Gasteiger partial charge in [-0.15, -0.1) is 0 Å². The number of benzene rings is 2. The molecule has 0 heterocycles. The maximum atomic E-state index is 10.9. The quantitative estimate of drug-likeness (QED) is 0.669. The Hall–Kier alpha value is -2.07. The third-order valence-electron chi connectivity index (χ3n) is 2.38. The van der Waals surface area contributed by atoms with Gasteiger partial charge in [0.25, 0.3) is 0 Å². The Kier molecular flexibility index (Phi) is 3.21.